The van der Waals surface area contributed by atoms with Crippen LogP contribution in [0.3, 0.4) is 0 Å². The Morgan fingerprint density at radius 3 is 2.41 bits per heavy atom. The molecule has 184 valence electrons. The van der Waals surface area contributed by atoms with Crippen molar-refractivity contribution in [3.05, 3.63) is 64.2 Å². The van der Waals surface area contributed by atoms with Gasteiger partial charge in [0.2, 0.25) is 0 Å². The van der Waals surface area contributed by atoms with E-state index in [4.69, 9.17) is 16.3 Å². The fourth-order valence-electron chi connectivity index (χ4n) is 3.17. The van der Waals surface area contributed by atoms with E-state index in [1.165, 1.54) is 24.4 Å². The van der Waals surface area contributed by atoms with Crippen molar-refractivity contribution in [3.8, 4) is 0 Å². The maximum atomic E-state index is 14.5. The van der Waals surface area contributed by atoms with Crippen molar-refractivity contribution in [1.82, 2.24) is 15.6 Å². The van der Waals surface area contributed by atoms with Crippen LogP contribution in [0.4, 0.5) is 9.18 Å². The van der Waals surface area contributed by atoms with E-state index in [9.17, 15) is 18.8 Å². The molecule has 2 aromatic rings. The summed E-state index contributed by atoms with van der Waals surface area (Å²) < 4.78 is 19.7. The Kier molecular flexibility index (Phi) is 8.78. The van der Waals surface area contributed by atoms with Crippen LogP contribution in [0, 0.1) is 5.82 Å². The monoisotopic (exact) mass is 491 g/mol. The fraction of sp³-hybridized carbons (Fsp3) is 0.440. The first-order chi connectivity index (χ1) is 15.7. The summed E-state index contributed by atoms with van der Waals surface area (Å²) in [4.78, 5) is 42.6. The molecule has 9 heteroatoms. The summed E-state index contributed by atoms with van der Waals surface area (Å²) in [5.74, 6) is -2.45. The topological polar surface area (TPSA) is 97.4 Å². The SMILES string of the molecule is CC(C)(C)NC(=O)c1cccnc1C(Cc1cc(Cl)ccc1F)C(=O)CNC(=O)OC(C)(C)C. The lowest BCUT2D eigenvalue weighted by atomic mass is 9.88. The highest BCUT2D eigenvalue weighted by Gasteiger charge is 2.30. The van der Waals surface area contributed by atoms with Crippen molar-refractivity contribution in [2.24, 2.45) is 0 Å². The molecule has 7 nitrogen and oxygen atoms in total. The molecule has 0 radical (unpaired) electrons. The number of ether oxygens (including phenoxy) is 1. The molecule has 34 heavy (non-hydrogen) atoms. The lowest BCUT2D eigenvalue weighted by Crippen LogP contribution is -2.41. The number of nitrogens with zero attached hydrogens (tertiary/aromatic N) is 1. The lowest BCUT2D eigenvalue weighted by Gasteiger charge is -2.24. The Morgan fingerprint density at radius 1 is 1.12 bits per heavy atom. The highest BCUT2D eigenvalue weighted by atomic mass is 35.5. The van der Waals surface area contributed by atoms with Gasteiger partial charge < -0.3 is 15.4 Å². The average Bonchev–Trinajstić information content (AvgIpc) is 2.70. The quantitative estimate of drug-likeness (QED) is 0.578. The Hall–Kier alpha value is -3.00. The third-order valence-electron chi connectivity index (χ3n) is 4.53. The van der Waals surface area contributed by atoms with Crippen molar-refractivity contribution in [2.75, 3.05) is 6.54 Å². The second kappa shape index (κ2) is 11.0. The van der Waals surface area contributed by atoms with Crippen LogP contribution in [0.1, 0.15) is 69.1 Å². The van der Waals surface area contributed by atoms with Gasteiger partial charge in [0.25, 0.3) is 5.91 Å². The highest BCUT2D eigenvalue weighted by molar-refractivity contribution is 6.30. The fourth-order valence-corrected chi connectivity index (χ4v) is 3.37. The molecule has 2 N–H and O–H groups in total. The molecule has 0 spiro atoms. The van der Waals surface area contributed by atoms with Crippen molar-refractivity contribution >= 4 is 29.4 Å². The van der Waals surface area contributed by atoms with E-state index in [0.717, 1.165) is 0 Å². The van der Waals surface area contributed by atoms with Crippen LogP contribution in [0.5, 0.6) is 0 Å². The molecule has 1 aromatic carbocycles. The number of hydrogen-bond acceptors (Lipinski definition) is 5. The number of alkyl carbamates (subject to hydrolysis) is 1. The molecule has 0 aliphatic carbocycles. The predicted molar refractivity (Wildman–Crippen MR) is 129 cm³/mol. The summed E-state index contributed by atoms with van der Waals surface area (Å²) in [6.07, 6.45) is 0.591. The van der Waals surface area contributed by atoms with Gasteiger partial charge in [-0.15, -0.1) is 0 Å². The van der Waals surface area contributed by atoms with Crippen LogP contribution in [0.15, 0.2) is 36.5 Å². The molecular weight excluding hydrogens is 461 g/mol. The number of amides is 2. The third-order valence-corrected chi connectivity index (χ3v) is 4.76. The standard InChI is InChI=1S/C25H31ClFN3O4/c1-24(2,3)30-22(32)17-8-7-11-28-21(17)18(13-15-12-16(26)9-10-19(15)27)20(31)14-29-23(33)34-25(4,5)6/h7-12,18H,13-14H2,1-6H3,(H,29,33)(H,30,32). The summed E-state index contributed by atoms with van der Waals surface area (Å²) in [6, 6.07) is 7.19. The maximum Gasteiger partial charge on any atom is 0.408 e. The minimum atomic E-state index is -1.02. The number of pyridine rings is 1. The van der Waals surface area contributed by atoms with Crippen LogP contribution in [-0.4, -0.2) is 40.5 Å². The summed E-state index contributed by atoms with van der Waals surface area (Å²) in [7, 11) is 0. The van der Waals surface area contributed by atoms with Gasteiger partial charge in [-0.3, -0.25) is 14.6 Å². The normalized spacial score (nSPS) is 12.6. The number of halogens is 2. The zero-order valence-corrected chi connectivity index (χ0v) is 21.0. The first-order valence-corrected chi connectivity index (χ1v) is 11.2. The number of Topliss-reactive ketones (excluding diaryl/α,β-unsaturated/α-hetero) is 1. The first kappa shape index (κ1) is 27.2. The molecule has 0 aliphatic heterocycles. The summed E-state index contributed by atoms with van der Waals surface area (Å²) >= 11 is 6.04. The molecular formula is C25H31ClFN3O4. The molecule has 0 fully saturated rings. The van der Waals surface area contributed by atoms with Gasteiger partial charge in [-0.1, -0.05) is 11.6 Å². The van der Waals surface area contributed by atoms with E-state index in [0.29, 0.717) is 5.02 Å². The van der Waals surface area contributed by atoms with Gasteiger partial charge in [-0.25, -0.2) is 9.18 Å². The third kappa shape index (κ3) is 8.41. The minimum Gasteiger partial charge on any atom is -0.444 e. The second-order valence-corrected chi connectivity index (χ2v) is 10.4. The van der Waals surface area contributed by atoms with Crippen molar-refractivity contribution in [2.45, 2.75) is 65.0 Å². The average molecular weight is 492 g/mol. The van der Waals surface area contributed by atoms with Crippen LogP contribution in [0.2, 0.25) is 5.02 Å². The molecule has 1 aromatic heterocycles. The molecule has 0 saturated heterocycles. The van der Waals surface area contributed by atoms with Gasteiger partial charge in [-0.05, 0) is 83.9 Å². The van der Waals surface area contributed by atoms with Gasteiger partial charge in [0.1, 0.15) is 11.4 Å². The zero-order valence-electron chi connectivity index (χ0n) is 20.3. The van der Waals surface area contributed by atoms with Gasteiger partial charge in [0, 0.05) is 16.8 Å². The number of nitrogens with one attached hydrogen (secondary N) is 2. The number of carbonyl (C=O) groups excluding carboxylic acids is 3. The van der Waals surface area contributed by atoms with E-state index < -0.39 is 47.2 Å². The van der Waals surface area contributed by atoms with Crippen LogP contribution >= 0.6 is 11.6 Å². The molecule has 2 amide bonds. The van der Waals surface area contributed by atoms with Crippen LogP contribution < -0.4 is 10.6 Å². The molecule has 1 heterocycles. The van der Waals surface area contributed by atoms with Crippen molar-refractivity contribution in [3.63, 3.8) is 0 Å². The van der Waals surface area contributed by atoms with Crippen LogP contribution in [-0.2, 0) is 16.0 Å². The first-order valence-electron chi connectivity index (χ1n) is 10.9. The number of ketones is 1. The maximum absolute atomic E-state index is 14.5. The van der Waals surface area contributed by atoms with E-state index in [2.05, 4.69) is 15.6 Å². The highest BCUT2D eigenvalue weighted by Crippen LogP contribution is 2.27. The van der Waals surface area contributed by atoms with Gasteiger partial charge in [0.15, 0.2) is 5.78 Å². The zero-order chi connectivity index (χ0) is 25.7. The largest absolute Gasteiger partial charge is 0.444 e. The Bertz CT molecular complexity index is 1060. The lowest BCUT2D eigenvalue weighted by molar-refractivity contribution is -0.119. The minimum absolute atomic E-state index is 0.103. The van der Waals surface area contributed by atoms with Gasteiger partial charge in [0.05, 0.1) is 23.7 Å². The molecule has 0 aliphatic rings. The Morgan fingerprint density at radius 2 is 1.79 bits per heavy atom. The number of carbonyl (C=O) groups is 3. The smallest absolute Gasteiger partial charge is 0.408 e. The van der Waals surface area contributed by atoms with Gasteiger partial charge >= 0.3 is 6.09 Å². The van der Waals surface area contributed by atoms with Crippen LogP contribution in [0.25, 0.3) is 0 Å². The van der Waals surface area contributed by atoms with E-state index in [1.54, 1.807) is 32.9 Å². The molecule has 0 bridgehead atoms. The van der Waals surface area contributed by atoms with E-state index >= 15 is 0 Å². The number of rotatable bonds is 7. The number of aromatic nitrogens is 1. The van der Waals surface area contributed by atoms with E-state index in [-0.39, 0.29) is 23.2 Å². The molecule has 0 saturated carbocycles. The predicted octanol–water partition coefficient (Wildman–Crippen LogP) is 4.82. The number of benzene rings is 1. The second-order valence-electron chi connectivity index (χ2n) is 9.95. The molecule has 1 atom stereocenters. The van der Waals surface area contributed by atoms with Crippen molar-refractivity contribution in [1.29, 1.82) is 0 Å². The number of hydrogen-bond donors (Lipinski definition) is 2. The Labute approximate surface area is 204 Å². The molecule has 2 rings (SSSR count). The molecule has 1 unspecified atom stereocenters. The summed E-state index contributed by atoms with van der Waals surface area (Å²) in [5.41, 5.74) is -0.706. The van der Waals surface area contributed by atoms with Gasteiger partial charge in [-0.2, -0.15) is 0 Å². The summed E-state index contributed by atoms with van der Waals surface area (Å²) in [5, 5.41) is 5.59. The Balaban J connectivity index is 2.42. The van der Waals surface area contributed by atoms with Crippen molar-refractivity contribution < 1.29 is 23.5 Å². The summed E-state index contributed by atoms with van der Waals surface area (Å²) in [6.45, 7) is 10.2. The van der Waals surface area contributed by atoms with E-state index in [1.807, 2.05) is 20.8 Å².